The summed E-state index contributed by atoms with van der Waals surface area (Å²) in [4.78, 5) is 4.83. The summed E-state index contributed by atoms with van der Waals surface area (Å²) in [6.45, 7) is 0. The van der Waals surface area contributed by atoms with Crippen LogP contribution in [0.4, 0.5) is 34.1 Å². The van der Waals surface area contributed by atoms with Gasteiger partial charge in [-0.15, -0.1) is 0 Å². The van der Waals surface area contributed by atoms with E-state index in [2.05, 4.69) is 301 Å². The lowest BCUT2D eigenvalue weighted by molar-refractivity contribution is 1.28. The lowest BCUT2D eigenvalue weighted by Gasteiger charge is -2.29. The summed E-state index contributed by atoms with van der Waals surface area (Å²) < 4.78 is 0. The van der Waals surface area contributed by atoms with Crippen LogP contribution in [0.15, 0.2) is 291 Å². The van der Waals surface area contributed by atoms with Gasteiger partial charge in [0.15, 0.2) is 0 Å². The second-order valence-electron chi connectivity index (χ2n) is 18.3. The van der Waals surface area contributed by atoms with E-state index in [0.29, 0.717) is 0 Å². The normalized spacial score (nSPS) is 11.3. The monoisotopic (exact) mass is 916 g/mol. The Hall–Kier alpha value is -9.50. The number of nitrogens with zero attached hydrogens (tertiary/aromatic N) is 2. The third-order valence-corrected chi connectivity index (χ3v) is 14.2. The standard InChI is InChI=1S/C70H48N2/c1-5-25-49(26-6-1)57-37-19-21-45-65(57)71(53-31-9-3-10-32-53)55-35-23-29-51(47-55)67-63-43-17-18-44-64(63)68(70-62-42-16-14-40-60(62)59-39-13-15-41-61(59)69(67)70)52-30-24-36-56(48-52)72(54-33-11-4-12-34-54)66-46-22-20-38-58(66)50-27-7-2-8-28-50/h1-48H. The first kappa shape index (κ1) is 42.6. The Kier molecular flexibility index (Phi) is 10.9. The molecule has 0 aliphatic rings. The lowest BCUT2D eigenvalue weighted by atomic mass is 9.81. The minimum absolute atomic E-state index is 1.08. The van der Waals surface area contributed by atoms with Gasteiger partial charge < -0.3 is 9.80 Å². The molecule has 0 aromatic heterocycles. The Morgan fingerprint density at radius 3 is 0.889 bits per heavy atom. The second-order valence-corrected chi connectivity index (χ2v) is 18.3. The smallest absolute Gasteiger partial charge is 0.0540 e. The van der Waals surface area contributed by atoms with E-state index >= 15 is 0 Å². The summed E-state index contributed by atoms with van der Waals surface area (Å²) in [5.74, 6) is 0. The molecule has 0 saturated carbocycles. The van der Waals surface area contributed by atoms with Crippen LogP contribution in [0, 0.1) is 0 Å². The van der Waals surface area contributed by atoms with Gasteiger partial charge >= 0.3 is 0 Å². The molecule has 0 unspecified atom stereocenters. The summed E-state index contributed by atoms with van der Waals surface area (Å²) in [7, 11) is 0. The van der Waals surface area contributed by atoms with E-state index in [1.165, 1.54) is 76.5 Å². The third kappa shape index (κ3) is 7.46. The molecule has 0 aliphatic heterocycles. The molecule has 2 nitrogen and oxygen atoms in total. The number of para-hydroxylation sites is 4. The molecule has 2 heteroatoms. The molecule has 13 aromatic rings. The van der Waals surface area contributed by atoms with Gasteiger partial charge in [0.05, 0.1) is 11.4 Å². The van der Waals surface area contributed by atoms with Crippen LogP contribution >= 0.6 is 0 Å². The van der Waals surface area contributed by atoms with Crippen molar-refractivity contribution >= 4 is 77.2 Å². The van der Waals surface area contributed by atoms with Gasteiger partial charge in [0, 0.05) is 33.9 Å². The minimum Gasteiger partial charge on any atom is -0.310 e. The van der Waals surface area contributed by atoms with Gasteiger partial charge in [0.2, 0.25) is 0 Å². The van der Waals surface area contributed by atoms with Crippen molar-refractivity contribution < 1.29 is 0 Å². The van der Waals surface area contributed by atoms with E-state index in [0.717, 1.165) is 45.3 Å². The predicted molar refractivity (Wildman–Crippen MR) is 308 cm³/mol. The zero-order valence-electron chi connectivity index (χ0n) is 39.6. The highest BCUT2D eigenvalue weighted by Crippen LogP contribution is 2.52. The van der Waals surface area contributed by atoms with Crippen molar-refractivity contribution in [2.45, 2.75) is 0 Å². The Balaban J connectivity index is 1.09. The van der Waals surface area contributed by atoms with Gasteiger partial charge in [-0.2, -0.15) is 0 Å². The average Bonchev–Trinajstić information content (AvgIpc) is 3.46. The molecule has 0 radical (unpaired) electrons. The van der Waals surface area contributed by atoms with Crippen molar-refractivity contribution in [2.75, 3.05) is 9.80 Å². The number of fused-ring (bicyclic) bond motifs is 7. The fourth-order valence-corrected chi connectivity index (χ4v) is 11.1. The highest BCUT2D eigenvalue weighted by Gasteiger charge is 2.25. The van der Waals surface area contributed by atoms with Gasteiger partial charge in [-0.25, -0.2) is 0 Å². The number of anilines is 6. The topological polar surface area (TPSA) is 6.48 Å². The van der Waals surface area contributed by atoms with Crippen LogP contribution in [0.2, 0.25) is 0 Å². The van der Waals surface area contributed by atoms with Gasteiger partial charge in [0.25, 0.3) is 0 Å². The van der Waals surface area contributed by atoms with Gasteiger partial charge in [-0.05, 0) is 137 Å². The number of benzene rings is 13. The number of hydrogen-bond donors (Lipinski definition) is 0. The van der Waals surface area contributed by atoms with E-state index < -0.39 is 0 Å². The SMILES string of the molecule is c1ccc(-c2ccccc2N(c2ccccc2)c2cccc(-c3c4ccccc4c(-c4cccc(N(c5ccccc5)c5ccccc5-c5ccccc5)c4)c4c5ccccc5c5ccccc5c34)c2)cc1. The summed E-state index contributed by atoms with van der Waals surface area (Å²) in [5.41, 5.74) is 16.0. The number of rotatable bonds is 10. The van der Waals surface area contributed by atoms with Crippen LogP contribution in [0.25, 0.3) is 87.6 Å². The molecule has 13 aromatic carbocycles. The van der Waals surface area contributed by atoms with E-state index in [1.807, 2.05) is 0 Å². The molecule has 0 atom stereocenters. The Morgan fingerprint density at radius 1 is 0.194 bits per heavy atom. The van der Waals surface area contributed by atoms with Gasteiger partial charge in [-0.1, -0.05) is 231 Å². The molecule has 0 spiro atoms. The molecule has 0 amide bonds. The van der Waals surface area contributed by atoms with Crippen molar-refractivity contribution in [2.24, 2.45) is 0 Å². The van der Waals surface area contributed by atoms with Crippen molar-refractivity contribution in [1.82, 2.24) is 0 Å². The van der Waals surface area contributed by atoms with Gasteiger partial charge in [0.1, 0.15) is 0 Å². The fraction of sp³-hybridized carbons (Fsp3) is 0. The maximum Gasteiger partial charge on any atom is 0.0540 e. The predicted octanol–water partition coefficient (Wildman–Crippen LogP) is 19.9. The zero-order chi connectivity index (χ0) is 47.8. The first-order valence-corrected chi connectivity index (χ1v) is 24.8. The molecular weight excluding hydrogens is 869 g/mol. The first-order valence-electron chi connectivity index (χ1n) is 24.8. The molecule has 0 bridgehead atoms. The molecule has 0 N–H and O–H groups in total. The first-order chi connectivity index (χ1) is 35.8. The van der Waals surface area contributed by atoms with E-state index in [9.17, 15) is 0 Å². The van der Waals surface area contributed by atoms with Crippen molar-refractivity contribution in [3.63, 3.8) is 0 Å². The maximum atomic E-state index is 2.41. The highest BCUT2D eigenvalue weighted by molar-refractivity contribution is 6.36. The molecule has 338 valence electrons. The van der Waals surface area contributed by atoms with Crippen LogP contribution < -0.4 is 9.80 Å². The molecule has 0 saturated heterocycles. The van der Waals surface area contributed by atoms with Crippen LogP contribution in [0.3, 0.4) is 0 Å². The molecule has 13 rings (SSSR count). The summed E-state index contributed by atoms with van der Waals surface area (Å²) in [6, 6.07) is 106. The molecule has 0 heterocycles. The third-order valence-electron chi connectivity index (χ3n) is 14.2. The fourth-order valence-electron chi connectivity index (χ4n) is 11.1. The van der Waals surface area contributed by atoms with E-state index in [4.69, 9.17) is 0 Å². The largest absolute Gasteiger partial charge is 0.310 e. The van der Waals surface area contributed by atoms with Crippen molar-refractivity contribution in [3.05, 3.63) is 291 Å². The van der Waals surface area contributed by atoms with E-state index in [1.54, 1.807) is 0 Å². The summed E-state index contributed by atoms with van der Waals surface area (Å²) in [5, 5.41) is 9.82. The lowest BCUT2D eigenvalue weighted by Crippen LogP contribution is -2.11. The van der Waals surface area contributed by atoms with Crippen LogP contribution in [0.1, 0.15) is 0 Å². The Morgan fingerprint density at radius 2 is 0.486 bits per heavy atom. The van der Waals surface area contributed by atoms with Crippen LogP contribution in [0.5, 0.6) is 0 Å². The minimum atomic E-state index is 1.08. The number of hydrogen-bond acceptors (Lipinski definition) is 2. The summed E-state index contributed by atoms with van der Waals surface area (Å²) in [6.07, 6.45) is 0. The Bertz CT molecular complexity index is 3820. The van der Waals surface area contributed by atoms with Gasteiger partial charge in [-0.3, -0.25) is 0 Å². The summed E-state index contributed by atoms with van der Waals surface area (Å²) >= 11 is 0. The van der Waals surface area contributed by atoms with Crippen LogP contribution in [-0.4, -0.2) is 0 Å². The van der Waals surface area contributed by atoms with Crippen molar-refractivity contribution in [1.29, 1.82) is 0 Å². The molecule has 0 aliphatic carbocycles. The van der Waals surface area contributed by atoms with Crippen molar-refractivity contribution in [3.8, 4) is 44.5 Å². The average molecular weight is 917 g/mol. The zero-order valence-corrected chi connectivity index (χ0v) is 39.6. The molecule has 0 fully saturated rings. The maximum absolute atomic E-state index is 2.41. The van der Waals surface area contributed by atoms with Crippen LogP contribution in [-0.2, 0) is 0 Å². The quantitative estimate of drug-likeness (QED) is 0.0996. The molecular formula is C70H48N2. The second kappa shape index (κ2) is 18.4. The highest BCUT2D eigenvalue weighted by atomic mass is 15.1. The molecule has 72 heavy (non-hydrogen) atoms. The van der Waals surface area contributed by atoms with E-state index in [-0.39, 0.29) is 0 Å². The Labute approximate surface area is 420 Å².